The third-order valence-electron chi connectivity index (χ3n) is 6.71. The average molecular weight is 474 g/mol. The monoisotopic (exact) mass is 474 g/mol. The van der Waals surface area contributed by atoms with Crippen LogP contribution in [0.4, 0.5) is 19.0 Å². The largest absolute Gasteiger partial charge is 0.497 e. The summed E-state index contributed by atoms with van der Waals surface area (Å²) in [5.41, 5.74) is 1.15. The van der Waals surface area contributed by atoms with E-state index in [0.29, 0.717) is 31.7 Å². The van der Waals surface area contributed by atoms with Gasteiger partial charge in [0, 0.05) is 25.6 Å². The Morgan fingerprint density at radius 2 is 1.74 bits per heavy atom. The van der Waals surface area contributed by atoms with Crippen molar-refractivity contribution in [3.8, 4) is 5.75 Å². The molecule has 3 aromatic rings. The van der Waals surface area contributed by atoms with Gasteiger partial charge in [-0.15, -0.1) is 15.3 Å². The van der Waals surface area contributed by atoms with E-state index in [2.05, 4.69) is 15.3 Å². The van der Waals surface area contributed by atoms with Crippen LogP contribution >= 0.6 is 0 Å². The van der Waals surface area contributed by atoms with E-state index >= 15 is 0 Å². The first-order chi connectivity index (χ1) is 16.3. The fourth-order valence-electron chi connectivity index (χ4n) is 4.92. The van der Waals surface area contributed by atoms with Crippen LogP contribution < -0.4 is 9.64 Å². The first-order valence-corrected chi connectivity index (χ1v) is 11.3. The molecule has 0 aliphatic carbocycles. The number of rotatable bonds is 4. The molecule has 0 N–H and O–H groups in total. The molecule has 2 aliphatic heterocycles. The normalized spacial score (nSPS) is 19.7. The lowest BCUT2D eigenvalue weighted by Crippen LogP contribution is -2.42. The molecule has 2 aliphatic rings. The number of nitrogens with zero attached hydrogens (tertiary/aromatic N) is 6. The molecule has 5 rings (SSSR count). The van der Waals surface area contributed by atoms with Crippen LogP contribution in [0.5, 0.6) is 5.75 Å². The molecule has 0 bridgehead atoms. The minimum atomic E-state index is -4.64. The van der Waals surface area contributed by atoms with E-state index in [-0.39, 0.29) is 23.5 Å². The smallest absolute Gasteiger partial charge is 0.453 e. The van der Waals surface area contributed by atoms with E-state index in [9.17, 15) is 18.0 Å². The molecule has 2 aromatic heterocycles. The quantitative estimate of drug-likeness (QED) is 0.574. The highest BCUT2D eigenvalue weighted by Crippen LogP contribution is 2.36. The van der Waals surface area contributed by atoms with Gasteiger partial charge in [0.1, 0.15) is 11.6 Å². The molecule has 0 radical (unpaired) electrons. The first-order valence-electron chi connectivity index (χ1n) is 11.3. The first kappa shape index (κ1) is 22.4. The van der Waals surface area contributed by atoms with Crippen LogP contribution in [-0.2, 0) is 11.0 Å². The predicted octanol–water partition coefficient (Wildman–Crippen LogP) is 3.73. The standard InChI is InChI=1S/C23H25F3N6O2/c1-34-17-6-4-15(5-7-17)18-3-2-12-31(18)21(33)16-10-13-30(14-11-16)20-9-8-19-27-28-22(23(24,25)26)32(19)29-20/h4-9,16,18H,2-3,10-14H2,1H3. The summed E-state index contributed by atoms with van der Waals surface area (Å²) >= 11 is 0. The van der Waals surface area contributed by atoms with E-state index in [1.165, 1.54) is 6.07 Å². The van der Waals surface area contributed by atoms with Gasteiger partial charge in [-0.05, 0) is 55.5 Å². The molecule has 2 saturated heterocycles. The number of carbonyl (C=O) groups is 1. The number of amides is 1. The summed E-state index contributed by atoms with van der Waals surface area (Å²) in [6.45, 7) is 1.82. The van der Waals surface area contributed by atoms with Gasteiger partial charge in [-0.1, -0.05) is 12.1 Å². The fraction of sp³-hybridized carbons (Fsp3) is 0.478. The molecule has 180 valence electrons. The minimum absolute atomic E-state index is 0.0414. The Hall–Kier alpha value is -3.37. The van der Waals surface area contributed by atoms with Gasteiger partial charge in [0.2, 0.25) is 5.91 Å². The second-order valence-electron chi connectivity index (χ2n) is 8.71. The maximum Gasteiger partial charge on any atom is 0.453 e. The fourth-order valence-corrected chi connectivity index (χ4v) is 4.92. The zero-order valence-corrected chi connectivity index (χ0v) is 18.7. The maximum atomic E-state index is 13.4. The Kier molecular flexibility index (Phi) is 5.78. The summed E-state index contributed by atoms with van der Waals surface area (Å²) in [6, 6.07) is 11.0. The van der Waals surface area contributed by atoms with Crippen LogP contribution in [0.1, 0.15) is 43.1 Å². The third kappa shape index (κ3) is 4.14. The van der Waals surface area contributed by atoms with Gasteiger partial charge in [0.25, 0.3) is 5.82 Å². The van der Waals surface area contributed by atoms with Crippen molar-refractivity contribution in [2.75, 3.05) is 31.6 Å². The van der Waals surface area contributed by atoms with Crippen molar-refractivity contribution in [3.63, 3.8) is 0 Å². The molecular weight excluding hydrogens is 449 g/mol. The number of hydrogen-bond acceptors (Lipinski definition) is 6. The lowest BCUT2D eigenvalue weighted by Gasteiger charge is -2.35. The van der Waals surface area contributed by atoms with Crippen molar-refractivity contribution >= 4 is 17.4 Å². The molecule has 1 atom stereocenters. The highest BCUT2D eigenvalue weighted by molar-refractivity contribution is 5.80. The van der Waals surface area contributed by atoms with E-state index in [4.69, 9.17) is 4.74 Å². The Bertz CT molecular complexity index is 1170. The van der Waals surface area contributed by atoms with Crippen LogP contribution in [0, 0.1) is 5.92 Å². The SMILES string of the molecule is COc1ccc(C2CCCN2C(=O)C2CCN(c3ccc4nnc(C(F)(F)F)n4n3)CC2)cc1. The molecule has 4 heterocycles. The number of fused-ring (bicyclic) bond motifs is 1. The van der Waals surface area contributed by atoms with Crippen LogP contribution in [0.25, 0.3) is 5.65 Å². The number of halogens is 3. The Labute approximate surface area is 194 Å². The van der Waals surface area contributed by atoms with Crippen LogP contribution in [0.3, 0.4) is 0 Å². The number of carbonyl (C=O) groups excluding carboxylic acids is 1. The molecule has 0 spiro atoms. The zero-order chi connectivity index (χ0) is 23.9. The van der Waals surface area contributed by atoms with Crippen molar-refractivity contribution in [2.24, 2.45) is 5.92 Å². The summed E-state index contributed by atoms with van der Waals surface area (Å²) < 4.78 is 45.5. The van der Waals surface area contributed by atoms with Gasteiger partial charge in [0.15, 0.2) is 5.65 Å². The lowest BCUT2D eigenvalue weighted by atomic mass is 9.94. The summed E-state index contributed by atoms with van der Waals surface area (Å²) in [5.74, 6) is 0.0978. The van der Waals surface area contributed by atoms with Gasteiger partial charge in [-0.25, -0.2) is 0 Å². The van der Waals surface area contributed by atoms with Gasteiger partial charge < -0.3 is 14.5 Å². The molecule has 1 amide bonds. The highest BCUT2D eigenvalue weighted by atomic mass is 19.4. The summed E-state index contributed by atoms with van der Waals surface area (Å²) in [7, 11) is 1.63. The summed E-state index contributed by atoms with van der Waals surface area (Å²) in [5, 5.41) is 10.9. The molecular formula is C23H25F3N6O2. The van der Waals surface area contributed by atoms with Crippen LogP contribution in [0.15, 0.2) is 36.4 Å². The number of ether oxygens (including phenoxy) is 1. The third-order valence-corrected chi connectivity index (χ3v) is 6.71. The van der Waals surface area contributed by atoms with Gasteiger partial charge in [-0.2, -0.15) is 17.7 Å². The number of methoxy groups -OCH3 is 1. The molecule has 1 unspecified atom stereocenters. The predicted molar refractivity (Wildman–Crippen MR) is 117 cm³/mol. The van der Waals surface area contributed by atoms with Gasteiger partial charge >= 0.3 is 6.18 Å². The van der Waals surface area contributed by atoms with Crippen LogP contribution in [0.2, 0.25) is 0 Å². The molecule has 8 nitrogen and oxygen atoms in total. The summed E-state index contributed by atoms with van der Waals surface area (Å²) in [4.78, 5) is 17.3. The van der Waals surface area contributed by atoms with Crippen LogP contribution in [-0.4, -0.2) is 57.4 Å². The van der Waals surface area contributed by atoms with Crippen molar-refractivity contribution in [3.05, 3.63) is 47.8 Å². The molecule has 2 fully saturated rings. The average Bonchev–Trinajstić information content (AvgIpc) is 3.51. The van der Waals surface area contributed by atoms with E-state index in [1.807, 2.05) is 34.1 Å². The Morgan fingerprint density at radius 3 is 2.41 bits per heavy atom. The van der Waals surface area contributed by atoms with Crippen molar-refractivity contribution in [1.82, 2.24) is 24.7 Å². The number of anilines is 1. The molecule has 34 heavy (non-hydrogen) atoms. The highest BCUT2D eigenvalue weighted by Gasteiger charge is 2.38. The second-order valence-corrected chi connectivity index (χ2v) is 8.71. The molecule has 1 aromatic carbocycles. The number of likely N-dealkylation sites (tertiary alicyclic amines) is 1. The van der Waals surface area contributed by atoms with E-state index in [1.54, 1.807) is 13.2 Å². The number of aromatic nitrogens is 4. The number of piperidine rings is 1. The number of hydrogen-bond donors (Lipinski definition) is 0. The Balaban J connectivity index is 1.26. The lowest BCUT2D eigenvalue weighted by molar-refractivity contribution is -0.146. The van der Waals surface area contributed by atoms with Gasteiger partial charge in [-0.3, -0.25) is 4.79 Å². The number of alkyl halides is 3. The number of benzene rings is 1. The molecule has 0 saturated carbocycles. The van der Waals surface area contributed by atoms with Crippen molar-refractivity contribution in [2.45, 2.75) is 37.9 Å². The minimum Gasteiger partial charge on any atom is -0.497 e. The van der Waals surface area contributed by atoms with Gasteiger partial charge in [0.05, 0.1) is 13.2 Å². The second kappa shape index (κ2) is 8.77. The van der Waals surface area contributed by atoms with E-state index in [0.717, 1.165) is 35.2 Å². The topological polar surface area (TPSA) is 75.9 Å². The zero-order valence-electron chi connectivity index (χ0n) is 18.7. The molecule has 11 heteroatoms. The van der Waals surface area contributed by atoms with Crippen molar-refractivity contribution in [1.29, 1.82) is 0 Å². The summed E-state index contributed by atoms with van der Waals surface area (Å²) in [6.07, 6.45) is -1.50. The van der Waals surface area contributed by atoms with E-state index < -0.39 is 12.0 Å². The Morgan fingerprint density at radius 1 is 1.00 bits per heavy atom. The van der Waals surface area contributed by atoms with Crippen molar-refractivity contribution < 1.29 is 22.7 Å². The maximum absolute atomic E-state index is 13.4.